The summed E-state index contributed by atoms with van der Waals surface area (Å²) < 4.78 is 0. The van der Waals surface area contributed by atoms with Crippen LogP contribution in [0, 0.1) is 54.3 Å². The van der Waals surface area contributed by atoms with Crippen LogP contribution in [0.15, 0.2) is 48.5 Å². The zero-order valence-corrected chi connectivity index (χ0v) is 46.6. The number of carbonyl (C=O) groups excluding carboxylic acids is 10. The number of aromatic carboxylic acids is 1. The fourth-order valence-corrected chi connectivity index (χ4v) is 7.10. The molecule has 0 aliphatic carbocycles. The summed E-state index contributed by atoms with van der Waals surface area (Å²) in [5, 5.41) is 8.75. The number of benzene rings is 2. The topological polar surface area (TPSA) is 208 Å². The van der Waals surface area contributed by atoms with Crippen molar-refractivity contribution in [3.8, 4) is 0 Å². The molecule has 12 nitrogen and oxygen atoms in total. The fraction of sp³-hybridized carbons (Fsp3) is 0.617. The highest BCUT2D eigenvalue weighted by molar-refractivity contribution is 5.91. The third-order valence-electron chi connectivity index (χ3n) is 12.3. The number of hydrogen-bond acceptors (Lipinski definition) is 11. The van der Waals surface area contributed by atoms with E-state index >= 15 is 0 Å². The third-order valence-corrected chi connectivity index (χ3v) is 12.3. The lowest BCUT2D eigenvalue weighted by Crippen LogP contribution is -2.22. The maximum absolute atomic E-state index is 11.8. The highest BCUT2D eigenvalue weighted by atomic mass is 16.4. The van der Waals surface area contributed by atoms with Crippen LogP contribution in [0.4, 0.5) is 0 Å². The molecule has 0 aliphatic heterocycles. The first-order valence-corrected chi connectivity index (χ1v) is 26.0. The van der Waals surface area contributed by atoms with E-state index in [9.17, 15) is 52.7 Å². The molecule has 2 aromatic rings. The molecule has 0 unspecified atom stereocenters. The molecule has 0 aromatic heterocycles. The van der Waals surface area contributed by atoms with Gasteiger partial charge >= 0.3 is 5.97 Å². The average Bonchev–Trinajstić information content (AvgIpc) is 3.29. The van der Waals surface area contributed by atoms with Crippen molar-refractivity contribution in [1.82, 2.24) is 0 Å². The van der Waals surface area contributed by atoms with Crippen LogP contribution in [0.5, 0.6) is 0 Å². The summed E-state index contributed by atoms with van der Waals surface area (Å²) in [6.45, 7) is 27.7. The predicted molar refractivity (Wildman–Crippen MR) is 285 cm³/mol. The van der Waals surface area contributed by atoms with E-state index in [4.69, 9.17) is 5.11 Å². The van der Waals surface area contributed by atoms with Crippen molar-refractivity contribution in [3.63, 3.8) is 0 Å². The first-order valence-electron chi connectivity index (χ1n) is 26.0. The van der Waals surface area contributed by atoms with E-state index in [1.165, 1.54) is 24.6 Å². The molecule has 0 aliphatic rings. The van der Waals surface area contributed by atoms with Crippen molar-refractivity contribution in [2.45, 2.75) is 194 Å². The maximum atomic E-state index is 11.8. The number of Topliss-reactive ketones (excluding diaryl/α,β-unsaturated/α-hetero) is 10. The van der Waals surface area contributed by atoms with Gasteiger partial charge in [-0.25, -0.2) is 4.79 Å². The van der Waals surface area contributed by atoms with E-state index in [1.807, 2.05) is 114 Å². The van der Waals surface area contributed by atoms with E-state index in [2.05, 4.69) is 0 Å². The van der Waals surface area contributed by atoms with E-state index in [0.29, 0.717) is 57.8 Å². The van der Waals surface area contributed by atoms with Gasteiger partial charge in [-0.05, 0) is 68.7 Å². The van der Waals surface area contributed by atoms with Crippen LogP contribution in [0.25, 0.3) is 0 Å². The quantitative estimate of drug-likeness (QED) is 0.0748. The maximum Gasteiger partial charge on any atom is 0.335 e. The average molecular weight is 1000 g/mol. The molecule has 0 bridgehead atoms. The van der Waals surface area contributed by atoms with Crippen LogP contribution in [0.2, 0.25) is 0 Å². The normalized spacial score (nSPS) is 11.7. The minimum Gasteiger partial charge on any atom is -0.478 e. The monoisotopic (exact) mass is 1000 g/mol. The number of aryl methyl sites for hydroxylation is 1. The van der Waals surface area contributed by atoms with Crippen LogP contribution < -0.4 is 0 Å². The Balaban J connectivity index is 0. The van der Waals surface area contributed by atoms with Crippen molar-refractivity contribution in [3.05, 3.63) is 70.8 Å². The Morgan fingerprint density at radius 3 is 1.00 bits per heavy atom. The highest BCUT2D eigenvalue weighted by Crippen LogP contribution is 2.20. The Morgan fingerprint density at radius 1 is 0.389 bits per heavy atom. The summed E-state index contributed by atoms with van der Waals surface area (Å²) in [5.74, 6) is 0.221. The molecule has 2 rings (SSSR count). The molecule has 72 heavy (non-hydrogen) atoms. The molecule has 0 saturated heterocycles. The van der Waals surface area contributed by atoms with Gasteiger partial charge in [0.25, 0.3) is 0 Å². The van der Waals surface area contributed by atoms with Gasteiger partial charge in [-0.3, -0.25) is 47.9 Å². The number of carboxylic acid groups (broad SMARTS) is 1. The Hall–Kier alpha value is -5.39. The van der Waals surface area contributed by atoms with Crippen LogP contribution in [-0.4, -0.2) is 68.9 Å². The van der Waals surface area contributed by atoms with Gasteiger partial charge < -0.3 is 5.11 Å². The van der Waals surface area contributed by atoms with Crippen LogP contribution in [-0.2, 0) is 60.8 Å². The molecule has 0 fully saturated rings. The van der Waals surface area contributed by atoms with Crippen molar-refractivity contribution in [2.24, 2.45) is 47.3 Å². The molecule has 0 amide bonds. The van der Waals surface area contributed by atoms with Gasteiger partial charge in [0.1, 0.15) is 57.8 Å². The summed E-state index contributed by atoms with van der Waals surface area (Å²) in [7, 11) is 0. The number of hydrogen-bond donors (Lipinski definition) is 1. The number of carbonyl (C=O) groups is 11. The molecule has 2 atom stereocenters. The first-order chi connectivity index (χ1) is 33.4. The Labute approximate surface area is 432 Å². The number of ketones is 10. The van der Waals surface area contributed by atoms with Crippen molar-refractivity contribution in [1.29, 1.82) is 0 Å². The number of carboxylic acids is 1. The molecule has 0 saturated carbocycles. The van der Waals surface area contributed by atoms with Crippen LogP contribution >= 0.6 is 0 Å². The Bertz CT molecular complexity index is 2050. The summed E-state index contributed by atoms with van der Waals surface area (Å²) in [4.78, 5) is 126. The van der Waals surface area contributed by atoms with Gasteiger partial charge in [0, 0.05) is 113 Å². The first kappa shape index (κ1) is 68.7. The molecule has 0 heterocycles. The van der Waals surface area contributed by atoms with E-state index in [0.717, 1.165) is 11.1 Å². The van der Waals surface area contributed by atoms with Gasteiger partial charge in [-0.15, -0.1) is 0 Å². The van der Waals surface area contributed by atoms with Crippen LogP contribution in [0.3, 0.4) is 0 Å². The smallest absolute Gasteiger partial charge is 0.335 e. The fourth-order valence-electron chi connectivity index (χ4n) is 7.10. The third kappa shape index (κ3) is 33.3. The second kappa shape index (κ2) is 37.4. The van der Waals surface area contributed by atoms with Crippen molar-refractivity contribution in [2.75, 3.05) is 0 Å². The summed E-state index contributed by atoms with van der Waals surface area (Å²) in [6, 6.07) is 14.2. The second-order valence-electron chi connectivity index (χ2n) is 21.0. The number of rotatable bonds is 31. The van der Waals surface area contributed by atoms with E-state index in [1.54, 1.807) is 19.1 Å². The molecule has 0 radical (unpaired) electrons. The highest BCUT2D eigenvalue weighted by Gasteiger charge is 2.23. The lowest BCUT2D eigenvalue weighted by atomic mass is 9.86. The van der Waals surface area contributed by atoms with Gasteiger partial charge in [0.05, 0.1) is 5.56 Å². The van der Waals surface area contributed by atoms with Crippen molar-refractivity contribution < 1.29 is 57.8 Å². The zero-order valence-electron chi connectivity index (χ0n) is 46.6. The summed E-state index contributed by atoms with van der Waals surface area (Å²) >= 11 is 0. The minimum absolute atomic E-state index is 0.00271. The van der Waals surface area contributed by atoms with Crippen LogP contribution in [0.1, 0.15) is 201 Å². The molecule has 402 valence electrons. The summed E-state index contributed by atoms with van der Waals surface area (Å²) in [6.07, 6.45) is 5.63. The summed E-state index contributed by atoms with van der Waals surface area (Å²) in [5.41, 5.74) is 3.23. The molecular weight excluding hydrogens is 913 g/mol. The zero-order chi connectivity index (χ0) is 55.8. The van der Waals surface area contributed by atoms with E-state index < -0.39 is 5.97 Å². The van der Waals surface area contributed by atoms with Gasteiger partial charge in [-0.1, -0.05) is 125 Å². The molecule has 1 N–H and O–H groups in total. The molecule has 2 aromatic carbocycles. The Morgan fingerprint density at radius 2 is 0.681 bits per heavy atom. The molecule has 12 heteroatoms. The van der Waals surface area contributed by atoms with Gasteiger partial charge in [0.15, 0.2) is 0 Å². The lowest BCUT2D eigenvalue weighted by molar-refractivity contribution is -0.129. The lowest BCUT2D eigenvalue weighted by Gasteiger charge is -2.16. The SMILES string of the molecule is CC(=O)[C@@H](CC(=O)CCC(=O)C(C)C)C(C)C.CC(=O)[C@@H](CC(=O)CCCC(=O)C(C)C)C(C)C.CC(C)C(=O)CCC(=O)Cc1ccc(C(=O)O)cc1.Cc1ccc(CC(=O)CCCC(=O)C(C)C)cc1. The second-order valence-corrected chi connectivity index (χ2v) is 21.0. The standard InChI is InChI=1S/C16H22O2.C15H18O4.C15H26O3.C14H24O3/c1-12(2)16(18)6-4-5-15(17)11-14-9-7-13(3)8-10-14;1-10(2)14(17)8-7-13(16)9-11-3-5-12(6-4-11)15(18)19;1-10(2)14(12(5)16)9-13(17)7-6-8-15(18)11(3)4;1-9(2)13(11(5)15)8-12(16)6-7-14(17)10(3)4/h7-10,12H,4-6,11H2,1-3H3;3-6,10H,7-9H2,1-2H3,(H,18,19);10-11,14H,6-9H2,1-5H3;9-10,13H,6-8H2,1-5H3/t;;14-;13-/m..00/s1. The predicted octanol–water partition coefficient (Wildman–Crippen LogP) is 12.0. The Kier molecular flexibility index (Phi) is 35.7. The molecule has 0 spiro atoms. The van der Waals surface area contributed by atoms with Gasteiger partial charge in [0.2, 0.25) is 0 Å². The molecular formula is C60H90O12. The minimum atomic E-state index is -0.986. The van der Waals surface area contributed by atoms with E-state index in [-0.39, 0.29) is 143 Å². The van der Waals surface area contributed by atoms with Crippen molar-refractivity contribution >= 4 is 63.8 Å². The van der Waals surface area contributed by atoms with Gasteiger partial charge in [-0.2, -0.15) is 0 Å². The largest absolute Gasteiger partial charge is 0.478 e.